The van der Waals surface area contributed by atoms with Crippen LogP contribution in [0.2, 0.25) is 0 Å². The third-order valence-electron chi connectivity index (χ3n) is 6.78. The summed E-state index contributed by atoms with van der Waals surface area (Å²) in [5, 5.41) is 8.77. The van der Waals surface area contributed by atoms with Crippen LogP contribution in [0.25, 0.3) is 0 Å². The topological polar surface area (TPSA) is 68.7 Å². The molecular formula is C19H26N4O2. The van der Waals surface area contributed by atoms with E-state index < -0.39 is 5.91 Å². The Kier molecular flexibility index (Phi) is 3.62. The number of hydrogen-bond acceptors (Lipinski definition) is 5. The third kappa shape index (κ3) is 2.76. The highest BCUT2D eigenvalue weighted by molar-refractivity contribution is 5.93. The minimum atomic E-state index is -0.485. The van der Waals surface area contributed by atoms with Crippen molar-refractivity contribution in [1.82, 2.24) is 20.3 Å². The first-order chi connectivity index (χ1) is 12.2. The fraction of sp³-hybridized carbons (Fsp3) is 0.684. The number of rotatable bonds is 3. The van der Waals surface area contributed by atoms with Gasteiger partial charge in [-0.05, 0) is 55.6 Å². The van der Waals surface area contributed by atoms with E-state index in [2.05, 4.69) is 14.8 Å². The van der Waals surface area contributed by atoms with Crippen molar-refractivity contribution in [3.05, 3.63) is 29.1 Å². The van der Waals surface area contributed by atoms with Gasteiger partial charge >= 0.3 is 0 Å². The van der Waals surface area contributed by atoms with Crippen LogP contribution in [0.15, 0.2) is 12.3 Å². The van der Waals surface area contributed by atoms with Crippen molar-refractivity contribution in [1.29, 1.82) is 0 Å². The number of aromatic nitrogens is 1. The summed E-state index contributed by atoms with van der Waals surface area (Å²) < 4.78 is 0. The second-order valence-electron chi connectivity index (χ2n) is 8.52. The molecule has 1 atom stereocenters. The van der Waals surface area contributed by atoms with Gasteiger partial charge < -0.3 is 0 Å². The minimum Gasteiger partial charge on any atom is -0.299 e. The number of carbonyl (C=O) groups excluding carboxylic acids is 1. The molecule has 3 heterocycles. The summed E-state index contributed by atoms with van der Waals surface area (Å²) >= 11 is 0. The molecule has 0 radical (unpaired) electrons. The average molecular weight is 342 g/mol. The predicted octanol–water partition coefficient (Wildman–Crippen LogP) is 1.58. The number of pyridine rings is 1. The summed E-state index contributed by atoms with van der Waals surface area (Å²) in [6, 6.07) is 3.48. The summed E-state index contributed by atoms with van der Waals surface area (Å²) in [6.45, 7) is 4.60. The lowest BCUT2D eigenvalue weighted by molar-refractivity contribution is -0.00736. The molecule has 2 N–H and O–H groups in total. The maximum atomic E-state index is 11.5. The van der Waals surface area contributed by atoms with Crippen LogP contribution in [-0.4, -0.2) is 57.6 Å². The van der Waals surface area contributed by atoms with Crippen molar-refractivity contribution < 1.29 is 10.0 Å². The maximum Gasteiger partial charge on any atom is 0.276 e. The number of hydroxylamine groups is 1. The Morgan fingerprint density at radius 3 is 2.84 bits per heavy atom. The number of hydrogen-bond donors (Lipinski definition) is 2. The van der Waals surface area contributed by atoms with E-state index in [4.69, 9.17) is 5.21 Å². The van der Waals surface area contributed by atoms with Gasteiger partial charge in [0.1, 0.15) is 0 Å². The first-order valence-electron chi connectivity index (χ1n) is 9.56. The second kappa shape index (κ2) is 5.76. The van der Waals surface area contributed by atoms with Crippen LogP contribution in [0.1, 0.15) is 53.7 Å². The zero-order chi connectivity index (χ0) is 17.0. The molecule has 6 nitrogen and oxygen atoms in total. The Morgan fingerprint density at radius 2 is 2.08 bits per heavy atom. The molecule has 1 aromatic rings. The van der Waals surface area contributed by atoms with E-state index in [1.54, 1.807) is 11.7 Å². The summed E-state index contributed by atoms with van der Waals surface area (Å²) in [7, 11) is 0. The van der Waals surface area contributed by atoms with Gasteiger partial charge in [-0.2, -0.15) is 0 Å². The van der Waals surface area contributed by atoms with Crippen LogP contribution < -0.4 is 5.48 Å². The molecule has 1 aromatic heterocycles. The number of nitrogens with one attached hydrogen (secondary N) is 1. The second-order valence-corrected chi connectivity index (χ2v) is 8.52. The molecule has 2 saturated carbocycles. The number of carbonyl (C=O) groups is 1. The van der Waals surface area contributed by atoms with Crippen molar-refractivity contribution >= 4 is 5.91 Å². The lowest BCUT2D eigenvalue weighted by Crippen LogP contribution is -2.56. The first-order valence-corrected chi connectivity index (χ1v) is 9.56. The van der Waals surface area contributed by atoms with Crippen molar-refractivity contribution in [2.75, 3.05) is 19.6 Å². The van der Waals surface area contributed by atoms with Crippen LogP contribution in [0.5, 0.6) is 0 Å². The molecule has 25 heavy (non-hydrogen) atoms. The van der Waals surface area contributed by atoms with Gasteiger partial charge in [-0.1, -0.05) is 0 Å². The lowest BCUT2D eigenvalue weighted by atomic mass is 9.78. The molecule has 5 rings (SSSR count). The van der Waals surface area contributed by atoms with Crippen LogP contribution in [0, 0.1) is 5.41 Å². The highest BCUT2D eigenvalue weighted by Crippen LogP contribution is 2.50. The van der Waals surface area contributed by atoms with Crippen molar-refractivity contribution in [2.24, 2.45) is 5.41 Å². The summed E-state index contributed by atoms with van der Waals surface area (Å²) in [6.07, 6.45) is 9.40. The van der Waals surface area contributed by atoms with E-state index in [1.807, 2.05) is 6.07 Å². The Labute approximate surface area is 148 Å². The SMILES string of the molecule is O=C(NO)c1cnc2c(c1)CCN(C1CCC3(C1)CN(C1CC1)C3)C2. The normalized spacial score (nSPS) is 28.6. The Bertz CT molecular complexity index is 697. The van der Waals surface area contributed by atoms with E-state index >= 15 is 0 Å². The quantitative estimate of drug-likeness (QED) is 0.645. The average Bonchev–Trinajstić information content (AvgIpc) is 3.36. The number of fused-ring (bicyclic) bond motifs is 1. The van der Waals surface area contributed by atoms with E-state index in [-0.39, 0.29) is 0 Å². The zero-order valence-corrected chi connectivity index (χ0v) is 14.6. The standard InChI is InChI=1S/C19H26N4O2/c24-18(21-25)14-7-13-4-6-22(10-17(13)20-9-14)16-3-5-19(8-16)11-23(12-19)15-1-2-15/h7,9,15-16,25H,1-6,8,10-12H2,(H,21,24). The van der Waals surface area contributed by atoms with Crippen LogP contribution in [0.4, 0.5) is 0 Å². The molecule has 134 valence electrons. The number of nitrogens with zero attached hydrogens (tertiary/aromatic N) is 3. The van der Waals surface area contributed by atoms with Crippen molar-refractivity contribution in [2.45, 2.75) is 57.2 Å². The van der Waals surface area contributed by atoms with Gasteiger partial charge in [0.2, 0.25) is 0 Å². The molecule has 4 aliphatic rings. The molecule has 0 bridgehead atoms. The highest BCUT2D eigenvalue weighted by Gasteiger charge is 2.52. The Balaban J connectivity index is 1.23. The molecule has 6 heteroatoms. The molecule has 1 saturated heterocycles. The van der Waals surface area contributed by atoms with Crippen molar-refractivity contribution in [3.63, 3.8) is 0 Å². The lowest BCUT2D eigenvalue weighted by Gasteiger charge is -2.49. The molecule has 2 aliphatic carbocycles. The van der Waals surface area contributed by atoms with Gasteiger partial charge in [0.25, 0.3) is 5.91 Å². The first kappa shape index (κ1) is 15.7. The largest absolute Gasteiger partial charge is 0.299 e. The molecule has 0 aromatic carbocycles. The monoisotopic (exact) mass is 342 g/mol. The predicted molar refractivity (Wildman–Crippen MR) is 92.3 cm³/mol. The van der Waals surface area contributed by atoms with Gasteiger partial charge in [0, 0.05) is 44.5 Å². The van der Waals surface area contributed by atoms with Gasteiger partial charge in [0.15, 0.2) is 0 Å². The molecule has 2 aliphatic heterocycles. The van der Waals surface area contributed by atoms with E-state index in [0.717, 1.165) is 36.8 Å². The van der Waals surface area contributed by atoms with Crippen molar-refractivity contribution in [3.8, 4) is 0 Å². The van der Waals surface area contributed by atoms with Crippen LogP contribution in [0.3, 0.4) is 0 Å². The number of likely N-dealkylation sites (tertiary alicyclic amines) is 1. The number of amides is 1. The van der Waals surface area contributed by atoms with Crippen LogP contribution >= 0.6 is 0 Å². The minimum absolute atomic E-state index is 0.434. The summed E-state index contributed by atoms with van der Waals surface area (Å²) in [4.78, 5) is 21.4. The Morgan fingerprint density at radius 1 is 1.24 bits per heavy atom. The van der Waals surface area contributed by atoms with E-state index in [9.17, 15) is 4.79 Å². The molecule has 3 fully saturated rings. The molecule has 1 spiro atoms. The summed E-state index contributed by atoms with van der Waals surface area (Å²) in [5.74, 6) is -0.485. The molecule has 1 amide bonds. The fourth-order valence-electron chi connectivity index (χ4n) is 5.22. The van der Waals surface area contributed by atoms with Gasteiger partial charge in [-0.15, -0.1) is 0 Å². The zero-order valence-electron chi connectivity index (χ0n) is 14.6. The van der Waals surface area contributed by atoms with Crippen LogP contribution in [-0.2, 0) is 13.0 Å². The van der Waals surface area contributed by atoms with E-state index in [0.29, 0.717) is 17.0 Å². The molecular weight excluding hydrogens is 316 g/mol. The van der Waals surface area contributed by atoms with E-state index in [1.165, 1.54) is 45.2 Å². The van der Waals surface area contributed by atoms with Gasteiger partial charge in [0.05, 0.1) is 11.3 Å². The smallest absolute Gasteiger partial charge is 0.276 e. The Hall–Kier alpha value is -1.50. The van der Waals surface area contributed by atoms with Gasteiger partial charge in [-0.3, -0.25) is 24.8 Å². The fourth-order valence-corrected chi connectivity index (χ4v) is 5.22. The maximum absolute atomic E-state index is 11.5. The molecule has 1 unspecified atom stereocenters. The van der Waals surface area contributed by atoms with Gasteiger partial charge in [-0.25, -0.2) is 5.48 Å². The summed E-state index contributed by atoms with van der Waals surface area (Å²) in [5.41, 5.74) is 4.96. The third-order valence-corrected chi connectivity index (χ3v) is 6.78. The highest BCUT2D eigenvalue weighted by atomic mass is 16.5.